The molecule has 1 N–H and O–H groups in total. The lowest BCUT2D eigenvalue weighted by atomic mass is 9.88. The summed E-state index contributed by atoms with van der Waals surface area (Å²) in [5, 5.41) is 16.9. The number of hydrogen-bond acceptors (Lipinski definition) is 5. The molecule has 0 radical (unpaired) electrons. The molecule has 6 nitrogen and oxygen atoms in total. The van der Waals surface area contributed by atoms with Crippen molar-refractivity contribution in [2.75, 3.05) is 7.05 Å². The number of ketones is 1. The number of nitriles is 1. The fourth-order valence-electron chi connectivity index (χ4n) is 2.81. The Kier molecular flexibility index (Phi) is 8.86. The molecule has 0 aromatic carbocycles. The number of thiophene rings is 1. The van der Waals surface area contributed by atoms with Crippen LogP contribution in [0.5, 0.6) is 0 Å². The second-order valence-corrected chi connectivity index (χ2v) is 7.17. The smallest absolute Gasteiger partial charge is 0.230 e. The summed E-state index contributed by atoms with van der Waals surface area (Å²) in [6, 6.07) is 2.13. The van der Waals surface area contributed by atoms with E-state index in [9.17, 15) is 9.59 Å². The highest BCUT2D eigenvalue weighted by atomic mass is 32.1. The first-order chi connectivity index (χ1) is 12.0. The Morgan fingerprint density at radius 3 is 2.72 bits per heavy atom. The zero-order valence-corrected chi connectivity index (χ0v) is 16.2. The SMILES string of the molecule is CCCC(CCC#N)C(=O)c1c(C)sc(CN(C=O)/N=C\NC)c1C. The van der Waals surface area contributed by atoms with Crippen LogP contribution in [-0.2, 0) is 11.3 Å². The number of hydrogen-bond donors (Lipinski definition) is 1. The van der Waals surface area contributed by atoms with Crippen LogP contribution in [0.4, 0.5) is 0 Å². The Balaban J connectivity index is 3.07. The van der Waals surface area contributed by atoms with Gasteiger partial charge < -0.3 is 5.32 Å². The zero-order chi connectivity index (χ0) is 18.8. The van der Waals surface area contributed by atoms with E-state index in [1.165, 1.54) is 22.7 Å². The Labute approximate surface area is 153 Å². The molecule has 0 fully saturated rings. The molecule has 1 aromatic heterocycles. The van der Waals surface area contributed by atoms with Crippen LogP contribution in [0, 0.1) is 31.1 Å². The van der Waals surface area contributed by atoms with Gasteiger partial charge in [0.05, 0.1) is 12.6 Å². The van der Waals surface area contributed by atoms with Crippen LogP contribution in [0.15, 0.2) is 5.10 Å². The third-order valence-electron chi connectivity index (χ3n) is 4.04. The van der Waals surface area contributed by atoms with Gasteiger partial charge in [-0.15, -0.1) is 11.3 Å². The molecule has 1 unspecified atom stereocenters. The summed E-state index contributed by atoms with van der Waals surface area (Å²) >= 11 is 1.53. The van der Waals surface area contributed by atoms with E-state index in [1.807, 2.05) is 20.8 Å². The van der Waals surface area contributed by atoms with E-state index in [0.29, 0.717) is 25.8 Å². The molecule has 1 heterocycles. The fourth-order valence-corrected chi connectivity index (χ4v) is 3.98. The monoisotopic (exact) mass is 362 g/mol. The van der Waals surface area contributed by atoms with Crippen LogP contribution in [0.25, 0.3) is 0 Å². The molecule has 1 rings (SSSR count). The largest absolute Gasteiger partial charge is 0.378 e. The van der Waals surface area contributed by atoms with Gasteiger partial charge >= 0.3 is 0 Å². The van der Waals surface area contributed by atoms with Crippen molar-refractivity contribution in [1.82, 2.24) is 10.3 Å². The summed E-state index contributed by atoms with van der Waals surface area (Å²) in [5.74, 6) is -0.0000320. The molecular weight excluding hydrogens is 336 g/mol. The number of carbonyl (C=O) groups excluding carboxylic acids is 2. The number of aryl methyl sites for hydroxylation is 1. The summed E-state index contributed by atoms with van der Waals surface area (Å²) in [6.07, 6.45) is 4.79. The maximum atomic E-state index is 13.0. The van der Waals surface area contributed by atoms with Crippen molar-refractivity contribution in [2.45, 2.75) is 53.0 Å². The molecule has 136 valence electrons. The van der Waals surface area contributed by atoms with Crippen LogP contribution in [0.2, 0.25) is 0 Å². The molecule has 1 amide bonds. The average molecular weight is 362 g/mol. The molecule has 0 aliphatic heterocycles. The van der Waals surface area contributed by atoms with E-state index in [1.54, 1.807) is 7.05 Å². The van der Waals surface area contributed by atoms with Gasteiger partial charge in [0, 0.05) is 34.7 Å². The standard InChI is InChI=1S/C18H26N4O2S/c1-5-7-15(8-6-9-19)18(24)17-13(2)16(25-14(17)3)10-22(12-23)21-11-20-4/h11-12,15H,5-8,10H2,1-4H3,(H,20,21). The lowest BCUT2D eigenvalue weighted by Gasteiger charge is -2.14. The number of Topliss-reactive ketones (excluding diaryl/α,β-unsaturated/α-hetero) is 1. The van der Waals surface area contributed by atoms with E-state index < -0.39 is 0 Å². The quantitative estimate of drug-likeness (QED) is 0.215. The maximum absolute atomic E-state index is 13.0. The predicted molar refractivity (Wildman–Crippen MR) is 101 cm³/mol. The average Bonchev–Trinajstić information content (AvgIpc) is 2.88. The molecule has 0 bridgehead atoms. The molecule has 25 heavy (non-hydrogen) atoms. The van der Waals surface area contributed by atoms with Crippen LogP contribution in [-0.4, -0.2) is 30.6 Å². The van der Waals surface area contributed by atoms with Crippen molar-refractivity contribution >= 4 is 29.9 Å². The number of amides is 1. The van der Waals surface area contributed by atoms with Gasteiger partial charge in [-0.25, -0.2) is 5.01 Å². The minimum absolute atomic E-state index is 0.117. The molecule has 0 saturated heterocycles. The van der Waals surface area contributed by atoms with Crippen molar-refractivity contribution in [3.8, 4) is 6.07 Å². The van der Waals surface area contributed by atoms with Gasteiger partial charge in [0.25, 0.3) is 0 Å². The lowest BCUT2D eigenvalue weighted by Crippen LogP contribution is -2.18. The molecule has 0 spiro atoms. The number of hydrazone groups is 1. The highest BCUT2D eigenvalue weighted by molar-refractivity contribution is 7.12. The van der Waals surface area contributed by atoms with Gasteiger partial charge in [0.2, 0.25) is 6.41 Å². The Bertz CT molecular complexity index is 661. The minimum atomic E-state index is -0.117. The van der Waals surface area contributed by atoms with Gasteiger partial charge in [0.15, 0.2) is 5.78 Å². The van der Waals surface area contributed by atoms with E-state index in [-0.39, 0.29) is 11.7 Å². The molecule has 0 aliphatic carbocycles. The second-order valence-electron chi connectivity index (χ2n) is 5.86. The zero-order valence-electron chi connectivity index (χ0n) is 15.3. The van der Waals surface area contributed by atoms with Gasteiger partial charge in [-0.3, -0.25) is 9.59 Å². The number of nitrogens with zero attached hydrogens (tertiary/aromatic N) is 3. The maximum Gasteiger partial charge on any atom is 0.230 e. The van der Waals surface area contributed by atoms with E-state index in [2.05, 4.69) is 16.5 Å². The normalized spacial score (nSPS) is 12.0. The molecule has 1 aromatic rings. The van der Waals surface area contributed by atoms with Crippen LogP contribution in [0.1, 0.15) is 58.3 Å². The second kappa shape index (κ2) is 10.6. The van der Waals surface area contributed by atoms with Crippen molar-refractivity contribution in [3.05, 3.63) is 20.9 Å². The van der Waals surface area contributed by atoms with Gasteiger partial charge in [-0.1, -0.05) is 13.3 Å². The Morgan fingerprint density at radius 2 is 2.16 bits per heavy atom. The molecule has 7 heteroatoms. The Morgan fingerprint density at radius 1 is 1.44 bits per heavy atom. The van der Waals surface area contributed by atoms with Crippen molar-refractivity contribution in [2.24, 2.45) is 11.0 Å². The summed E-state index contributed by atoms with van der Waals surface area (Å²) in [5.41, 5.74) is 1.66. The first-order valence-electron chi connectivity index (χ1n) is 8.41. The van der Waals surface area contributed by atoms with Crippen molar-refractivity contribution in [3.63, 3.8) is 0 Å². The topological polar surface area (TPSA) is 85.6 Å². The van der Waals surface area contributed by atoms with Crippen molar-refractivity contribution < 1.29 is 9.59 Å². The number of nitrogens with one attached hydrogen (secondary N) is 1. The number of rotatable bonds is 11. The molecule has 0 saturated carbocycles. The van der Waals surface area contributed by atoms with Crippen LogP contribution < -0.4 is 5.32 Å². The summed E-state index contributed by atoms with van der Waals surface area (Å²) in [7, 11) is 1.71. The van der Waals surface area contributed by atoms with Gasteiger partial charge in [-0.05, 0) is 32.3 Å². The summed E-state index contributed by atoms with van der Waals surface area (Å²) < 4.78 is 0. The van der Waals surface area contributed by atoms with Crippen molar-refractivity contribution in [1.29, 1.82) is 5.26 Å². The third kappa shape index (κ3) is 5.68. The first kappa shape index (κ1) is 20.8. The van der Waals surface area contributed by atoms with E-state index in [0.717, 1.165) is 33.7 Å². The van der Waals surface area contributed by atoms with Gasteiger partial charge in [0.1, 0.15) is 6.34 Å². The van der Waals surface area contributed by atoms with E-state index >= 15 is 0 Å². The van der Waals surface area contributed by atoms with Gasteiger partial charge in [-0.2, -0.15) is 10.4 Å². The van der Waals surface area contributed by atoms with Crippen LogP contribution in [0.3, 0.4) is 0 Å². The minimum Gasteiger partial charge on any atom is -0.378 e. The molecule has 1 atom stereocenters. The molecule has 0 aliphatic rings. The molecular formula is C18H26N4O2S. The number of carbonyl (C=O) groups is 2. The fraction of sp³-hybridized carbons (Fsp3) is 0.556. The summed E-state index contributed by atoms with van der Waals surface area (Å²) in [4.78, 5) is 26.1. The van der Waals surface area contributed by atoms with Crippen LogP contribution >= 0.6 is 11.3 Å². The lowest BCUT2D eigenvalue weighted by molar-refractivity contribution is -0.118. The highest BCUT2D eigenvalue weighted by Crippen LogP contribution is 2.32. The predicted octanol–water partition coefficient (Wildman–Crippen LogP) is 3.39. The van der Waals surface area contributed by atoms with E-state index in [4.69, 9.17) is 5.26 Å². The Hall–Kier alpha value is -2.20. The first-order valence-corrected chi connectivity index (χ1v) is 9.23. The summed E-state index contributed by atoms with van der Waals surface area (Å²) in [6.45, 7) is 6.24. The third-order valence-corrected chi connectivity index (χ3v) is 5.23. The highest BCUT2D eigenvalue weighted by Gasteiger charge is 2.25.